The zero-order valence-corrected chi connectivity index (χ0v) is 21.0. The molecule has 6 heteroatoms. The van der Waals surface area contributed by atoms with Crippen LogP contribution in [0.3, 0.4) is 0 Å². The minimum Gasteiger partial charge on any atom is -0.369 e. The van der Waals surface area contributed by atoms with Crippen LogP contribution < -0.4 is 5.32 Å². The number of hydrogen-bond donors (Lipinski definition) is 1. The van der Waals surface area contributed by atoms with Gasteiger partial charge in [-0.3, -0.25) is 9.80 Å². The molecule has 6 nitrogen and oxygen atoms in total. The number of para-hydroxylation sites is 1. The van der Waals surface area contributed by atoms with Crippen molar-refractivity contribution in [3.05, 3.63) is 78.1 Å². The minimum absolute atomic E-state index is 0.791. The predicted octanol–water partition coefficient (Wildman–Crippen LogP) is 4.46. The van der Waals surface area contributed by atoms with Gasteiger partial charge in [-0.1, -0.05) is 54.6 Å². The lowest BCUT2D eigenvalue weighted by atomic mass is 10.0. The Morgan fingerprint density at radius 1 is 0.771 bits per heavy atom. The quantitative estimate of drug-likeness (QED) is 0.366. The lowest BCUT2D eigenvalue weighted by molar-refractivity contribution is 0.120. The number of rotatable bonds is 9. The number of nitrogens with zero attached hydrogens (tertiary/aromatic N) is 5. The first kappa shape index (κ1) is 23.7. The Bertz CT molecular complexity index is 1260. The van der Waals surface area contributed by atoms with E-state index in [4.69, 9.17) is 9.97 Å². The molecule has 182 valence electrons. The van der Waals surface area contributed by atoms with Crippen molar-refractivity contribution in [3.63, 3.8) is 0 Å². The van der Waals surface area contributed by atoms with E-state index in [1.165, 1.54) is 16.3 Å². The first-order valence-electron chi connectivity index (χ1n) is 12.7. The maximum absolute atomic E-state index is 4.94. The molecule has 0 radical (unpaired) electrons. The third-order valence-corrected chi connectivity index (χ3v) is 6.83. The Kier molecular flexibility index (Phi) is 7.52. The number of nitrogens with one attached hydrogen (secondary N) is 1. The van der Waals surface area contributed by atoms with E-state index in [-0.39, 0.29) is 0 Å². The van der Waals surface area contributed by atoms with Gasteiger partial charge in [-0.05, 0) is 55.5 Å². The second-order valence-corrected chi connectivity index (χ2v) is 9.78. The zero-order chi connectivity index (χ0) is 24.0. The second-order valence-electron chi connectivity index (χ2n) is 9.78. The molecule has 0 atom stereocenters. The topological polar surface area (TPSA) is 47.5 Å². The Hall–Kier alpha value is -3.06. The highest BCUT2D eigenvalue weighted by molar-refractivity contribution is 5.89. The van der Waals surface area contributed by atoms with Gasteiger partial charge in [-0.2, -0.15) is 0 Å². The van der Waals surface area contributed by atoms with Crippen LogP contribution in [-0.2, 0) is 13.1 Å². The van der Waals surface area contributed by atoms with Gasteiger partial charge >= 0.3 is 0 Å². The van der Waals surface area contributed by atoms with Gasteiger partial charge in [0.2, 0.25) is 0 Å². The molecule has 1 fully saturated rings. The molecule has 0 saturated carbocycles. The molecule has 1 aliphatic heterocycles. The van der Waals surface area contributed by atoms with Crippen molar-refractivity contribution in [2.75, 3.05) is 58.7 Å². The van der Waals surface area contributed by atoms with Gasteiger partial charge in [0.15, 0.2) is 0 Å². The minimum atomic E-state index is 0.791. The number of benzene rings is 3. The van der Waals surface area contributed by atoms with Crippen LogP contribution in [0.2, 0.25) is 0 Å². The van der Waals surface area contributed by atoms with Crippen molar-refractivity contribution in [2.24, 2.45) is 0 Å². The van der Waals surface area contributed by atoms with E-state index in [0.717, 1.165) is 81.3 Å². The third kappa shape index (κ3) is 5.96. The summed E-state index contributed by atoms with van der Waals surface area (Å²) in [4.78, 5) is 17.1. The normalized spacial score (nSPS) is 15.3. The Morgan fingerprint density at radius 2 is 1.46 bits per heavy atom. The first-order chi connectivity index (χ1) is 17.2. The summed E-state index contributed by atoms with van der Waals surface area (Å²) in [7, 11) is 4.22. The van der Waals surface area contributed by atoms with Crippen LogP contribution >= 0.6 is 0 Å². The van der Waals surface area contributed by atoms with Crippen molar-refractivity contribution in [3.8, 4) is 0 Å². The predicted molar refractivity (Wildman–Crippen MR) is 146 cm³/mol. The zero-order valence-electron chi connectivity index (χ0n) is 21.0. The summed E-state index contributed by atoms with van der Waals surface area (Å²) in [6.45, 7) is 7.96. The summed E-state index contributed by atoms with van der Waals surface area (Å²) >= 11 is 0. The molecular weight excluding hydrogens is 432 g/mol. The Morgan fingerprint density at radius 3 is 2.26 bits per heavy atom. The van der Waals surface area contributed by atoms with Crippen LogP contribution in [0.1, 0.15) is 17.8 Å². The van der Waals surface area contributed by atoms with Crippen molar-refractivity contribution >= 4 is 27.5 Å². The van der Waals surface area contributed by atoms with Gasteiger partial charge in [0.1, 0.15) is 11.6 Å². The van der Waals surface area contributed by atoms with Gasteiger partial charge < -0.3 is 10.2 Å². The number of piperazine rings is 1. The molecule has 2 heterocycles. The number of hydrogen-bond acceptors (Lipinski definition) is 6. The number of fused-ring (bicyclic) bond motifs is 2. The molecule has 1 N–H and O–H groups in total. The average Bonchev–Trinajstić information content (AvgIpc) is 2.88. The van der Waals surface area contributed by atoms with E-state index >= 15 is 0 Å². The van der Waals surface area contributed by atoms with Gasteiger partial charge in [0.25, 0.3) is 0 Å². The highest BCUT2D eigenvalue weighted by Gasteiger charge is 2.19. The SMILES string of the molecule is CN(C)CCCNc1nc(CN2CCN(Cc3cccc4ccccc34)CC2)nc2ccccc12. The summed E-state index contributed by atoms with van der Waals surface area (Å²) in [5, 5.41) is 7.35. The molecule has 0 bridgehead atoms. The average molecular weight is 469 g/mol. The van der Waals surface area contributed by atoms with E-state index in [0.29, 0.717) is 0 Å². The fourth-order valence-electron chi connectivity index (χ4n) is 4.91. The van der Waals surface area contributed by atoms with E-state index in [2.05, 4.69) is 101 Å². The molecule has 1 aromatic heterocycles. The molecule has 0 unspecified atom stereocenters. The smallest absolute Gasteiger partial charge is 0.145 e. The lowest BCUT2D eigenvalue weighted by Gasteiger charge is -2.34. The van der Waals surface area contributed by atoms with E-state index < -0.39 is 0 Å². The number of anilines is 1. The van der Waals surface area contributed by atoms with Crippen LogP contribution in [0, 0.1) is 0 Å². The van der Waals surface area contributed by atoms with Crippen molar-refractivity contribution in [2.45, 2.75) is 19.5 Å². The maximum atomic E-state index is 4.94. The van der Waals surface area contributed by atoms with Gasteiger partial charge in [-0.25, -0.2) is 9.97 Å². The summed E-state index contributed by atoms with van der Waals surface area (Å²) in [6.07, 6.45) is 1.08. The summed E-state index contributed by atoms with van der Waals surface area (Å²) in [5.41, 5.74) is 2.43. The maximum Gasteiger partial charge on any atom is 0.145 e. The summed E-state index contributed by atoms with van der Waals surface area (Å²) < 4.78 is 0. The first-order valence-corrected chi connectivity index (χ1v) is 12.7. The summed E-state index contributed by atoms with van der Waals surface area (Å²) in [5.74, 6) is 1.86. The van der Waals surface area contributed by atoms with E-state index in [9.17, 15) is 0 Å². The monoisotopic (exact) mass is 468 g/mol. The van der Waals surface area contributed by atoms with Gasteiger partial charge in [-0.15, -0.1) is 0 Å². The molecular formula is C29H36N6. The van der Waals surface area contributed by atoms with Crippen molar-refractivity contribution in [1.29, 1.82) is 0 Å². The molecule has 0 amide bonds. The fraction of sp³-hybridized carbons (Fsp3) is 0.379. The van der Waals surface area contributed by atoms with Crippen LogP contribution in [0.15, 0.2) is 66.7 Å². The largest absolute Gasteiger partial charge is 0.369 e. The standard InChI is InChI=1S/C29H36N6/c1-33(2)16-8-15-30-29-26-13-5-6-14-27(26)31-28(32-29)22-35-19-17-34(18-20-35)21-24-11-7-10-23-9-3-4-12-25(23)24/h3-7,9-14H,8,15-22H2,1-2H3,(H,30,31,32). The number of aromatic nitrogens is 2. The van der Waals surface area contributed by atoms with Crippen LogP contribution in [0.4, 0.5) is 5.82 Å². The van der Waals surface area contributed by atoms with Crippen LogP contribution in [-0.4, -0.2) is 78.0 Å². The summed E-state index contributed by atoms with van der Waals surface area (Å²) in [6, 6.07) is 23.7. The van der Waals surface area contributed by atoms with E-state index in [1.807, 2.05) is 0 Å². The molecule has 1 saturated heterocycles. The highest BCUT2D eigenvalue weighted by atomic mass is 15.3. The molecule has 3 aromatic carbocycles. The molecule has 1 aliphatic rings. The van der Waals surface area contributed by atoms with E-state index in [1.54, 1.807) is 0 Å². The van der Waals surface area contributed by atoms with Crippen LogP contribution in [0.25, 0.3) is 21.7 Å². The molecule has 4 aromatic rings. The van der Waals surface area contributed by atoms with Gasteiger partial charge in [0, 0.05) is 44.7 Å². The van der Waals surface area contributed by atoms with Gasteiger partial charge in [0.05, 0.1) is 12.1 Å². The molecule has 35 heavy (non-hydrogen) atoms. The van der Waals surface area contributed by atoms with Crippen LogP contribution in [0.5, 0.6) is 0 Å². The molecule has 5 rings (SSSR count). The molecule has 0 aliphatic carbocycles. The molecule has 0 spiro atoms. The second kappa shape index (κ2) is 11.1. The Labute approximate surface area is 208 Å². The van der Waals surface area contributed by atoms with Crippen molar-refractivity contribution < 1.29 is 0 Å². The third-order valence-electron chi connectivity index (χ3n) is 6.83. The lowest BCUT2D eigenvalue weighted by Crippen LogP contribution is -2.45. The van der Waals surface area contributed by atoms with Crippen molar-refractivity contribution in [1.82, 2.24) is 24.7 Å². The highest BCUT2D eigenvalue weighted by Crippen LogP contribution is 2.22. The Balaban J connectivity index is 1.21. The fourth-order valence-corrected chi connectivity index (χ4v) is 4.91.